The molecule has 27 heavy (non-hydrogen) atoms. The zero-order chi connectivity index (χ0) is 19.2. The standard InChI is InChI=1S/C20H20ClN3O3/c1-11-10-15(18(25)22-12-6-8-13(27-2)9-7-12)20(24-11)14-4-3-5-16(21)17(14)23-19(20)26/h3-9,11,15,24H,10H2,1-2H3,(H,22,25)(H,23,26)/t11-,15+,20+/m1/s1. The van der Waals surface area contributed by atoms with Gasteiger partial charge in [-0.2, -0.15) is 0 Å². The van der Waals surface area contributed by atoms with Crippen molar-refractivity contribution in [2.45, 2.75) is 24.9 Å². The maximum atomic E-state index is 13.1. The lowest BCUT2D eigenvalue weighted by atomic mass is 9.79. The lowest BCUT2D eigenvalue weighted by molar-refractivity contribution is -0.130. The smallest absolute Gasteiger partial charge is 0.250 e. The molecule has 0 aliphatic carbocycles. The molecule has 2 aliphatic rings. The van der Waals surface area contributed by atoms with E-state index in [2.05, 4.69) is 16.0 Å². The molecule has 1 fully saturated rings. The van der Waals surface area contributed by atoms with Gasteiger partial charge < -0.3 is 15.4 Å². The Labute approximate surface area is 162 Å². The molecule has 0 bridgehead atoms. The number of amides is 2. The number of fused-ring (bicyclic) bond motifs is 2. The van der Waals surface area contributed by atoms with Crippen molar-refractivity contribution in [3.63, 3.8) is 0 Å². The Balaban J connectivity index is 1.68. The summed E-state index contributed by atoms with van der Waals surface area (Å²) in [5.41, 5.74) is 0.836. The van der Waals surface area contributed by atoms with E-state index in [1.54, 1.807) is 43.5 Å². The van der Waals surface area contributed by atoms with Crippen molar-refractivity contribution in [2.75, 3.05) is 17.7 Å². The van der Waals surface area contributed by atoms with Crippen LogP contribution in [0.15, 0.2) is 42.5 Å². The summed E-state index contributed by atoms with van der Waals surface area (Å²) in [5, 5.41) is 9.59. The van der Waals surface area contributed by atoms with Crippen LogP contribution in [0.3, 0.4) is 0 Å². The zero-order valence-electron chi connectivity index (χ0n) is 15.0. The van der Waals surface area contributed by atoms with Crippen LogP contribution in [-0.4, -0.2) is 25.0 Å². The van der Waals surface area contributed by atoms with Gasteiger partial charge in [-0.3, -0.25) is 14.9 Å². The summed E-state index contributed by atoms with van der Waals surface area (Å²) in [7, 11) is 1.59. The van der Waals surface area contributed by atoms with E-state index in [-0.39, 0.29) is 17.9 Å². The minimum absolute atomic E-state index is 0.00676. The Morgan fingerprint density at radius 3 is 2.70 bits per heavy atom. The van der Waals surface area contributed by atoms with Crippen LogP contribution in [-0.2, 0) is 15.1 Å². The van der Waals surface area contributed by atoms with Gasteiger partial charge in [-0.15, -0.1) is 0 Å². The molecular formula is C20H20ClN3O3. The van der Waals surface area contributed by atoms with Crippen molar-refractivity contribution >= 4 is 34.8 Å². The number of carbonyl (C=O) groups is 2. The highest BCUT2D eigenvalue weighted by molar-refractivity contribution is 6.35. The normalized spacial score (nSPS) is 26.0. The van der Waals surface area contributed by atoms with E-state index in [1.165, 1.54) is 0 Å². The highest BCUT2D eigenvalue weighted by atomic mass is 35.5. The highest BCUT2D eigenvalue weighted by Crippen LogP contribution is 2.49. The summed E-state index contributed by atoms with van der Waals surface area (Å²) in [6, 6.07) is 12.5. The van der Waals surface area contributed by atoms with E-state index in [9.17, 15) is 9.59 Å². The average Bonchev–Trinajstić information content (AvgIpc) is 3.15. The number of rotatable bonds is 3. The second kappa shape index (κ2) is 6.55. The van der Waals surface area contributed by atoms with E-state index in [0.717, 1.165) is 5.56 Å². The van der Waals surface area contributed by atoms with Gasteiger partial charge in [-0.25, -0.2) is 0 Å². The van der Waals surface area contributed by atoms with Crippen molar-refractivity contribution in [3.8, 4) is 5.75 Å². The molecule has 140 valence electrons. The molecule has 6 nitrogen and oxygen atoms in total. The van der Waals surface area contributed by atoms with Crippen molar-refractivity contribution in [2.24, 2.45) is 5.92 Å². The predicted octanol–water partition coefficient (Wildman–Crippen LogP) is 3.13. The lowest BCUT2D eigenvalue weighted by Crippen LogP contribution is -2.52. The Morgan fingerprint density at radius 2 is 2.00 bits per heavy atom. The number of halogens is 1. The minimum Gasteiger partial charge on any atom is -0.497 e. The molecule has 3 N–H and O–H groups in total. The second-order valence-corrected chi connectivity index (χ2v) is 7.38. The van der Waals surface area contributed by atoms with Crippen LogP contribution in [0.5, 0.6) is 5.75 Å². The van der Waals surface area contributed by atoms with Crippen molar-refractivity contribution < 1.29 is 14.3 Å². The van der Waals surface area contributed by atoms with Crippen LogP contribution in [0.4, 0.5) is 11.4 Å². The molecule has 2 aromatic rings. The third kappa shape index (κ3) is 2.76. The maximum Gasteiger partial charge on any atom is 0.250 e. The quantitative estimate of drug-likeness (QED) is 0.758. The molecule has 1 spiro atoms. The fourth-order valence-corrected chi connectivity index (χ4v) is 4.31. The van der Waals surface area contributed by atoms with Gasteiger partial charge in [0.15, 0.2) is 0 Å². The summed E-state index contributed by atoms with van der Waals surface area (Å²) in [6.45, 7) is 1.97. The molecule has 4 rings (SSSR count). The summed E-state index contributed by atoms with van der Waals surface area (Å²) in [5.74, 6) is -0.307. The topological polar surface area (TPSA) is 79.5 Å². The highest BCUT2D eigenvalue weighted by Gasteiger charge is 2.59. The summed E-state index contributed by atoms with van der Waals surface area (Å²) < 4.78 is 5.14. The molecule has 7 heteroatoms. The molecule has 0 aromatic heterocycles. The number of hydrogen-bond donors (Lipinski definition) is 3. The number of hydrogen-bond acceptors (Lipinski definition) is 4. The molecule has 0 saturated carbocycles. The SMILES string of the molecule is COc1ccc(NC(=O)[C@@H]2C[C@@H](C)N[C@]23C(=O)Nc2c(Cl)cccc23)cc1. The first-order chi connectivity index (χ1) is 13.0. The molecule has 2 aliphatic heterocycles. The average molecular weight is 386 g/mol. The second-order valence-electron chi connectivity index (χ2n) is 6.98. The number of benzene rings is 2. The molecule has 2 amide bonds. The number of methoxy groups -OCH3 is 1. The van der Waals surface area contributed by atoms with Crippen molar-refractivity contribution in [3.05, 3.63) is 53.1 Å². The van der Waals surface area contributed by atoms with E-state index in [1.807, 2.05) is 13.0 Å². The monoisotopic (exact) mass is 385 g/mol. The van der Waals surface area contributed by atoms with Crippen LogP contribution in [0.2, 0.25) is 5.02 Å². The molecule has 3 atom stereocenters. The fraction of sp³-hybridized carbons (Fsp3) is 0.300. The van der Waals surface area contributed by atoms with Gasteiger partial charge in [0.1, 0.15) is 11.3 Å². The van der Waals surface area contributed by atoms with E-state index >= 15 is 0 Å². The number of nitrogens with one attached hydrogen (secondary N) is 3. The summed E-state index contributed by atoms with van der Waals surface area (Å²) in [4.78, 5) is 26.1. The molecule has 2 heterocycles. The minimum atomic E-state index is -1.11. The maximum absolute atomic E-state index is 13.1. The number of anilines is 2. The van der Waals surface area contributed by atoms with Gasteiger partial charge in [0, 0.05) is 17.3 Å². The zero-order valence-corrected chi connectivity index (χ0v) is 15.8. The molecular weight excluding hydrogens is 366 g/mol. The van der Waals surface area contributed by atoms with E-state index < -0.39 is 11.5 Å². The summed E-state index contributed by atoms with van der Waals surface area (Å²) >= 11 is 6.26. The van der Waals surface area contributed by atoms with Crippen molar-refractivity contribution in [1.29, 1.82) is 0 Å². The number of carbonyl (C=O) groups excluding carboxylic acids is 2. The van der Waals surface area contributed by atoms with Gasteiger partial charge in [-0.05, 0) is 43.7 Å². The van der Waals surface area contributed by atoms with Crippen molar-refractivity contribution in [1.82, 2.24) is 5.32 Å². The van der Waals surface area contributed by atoms with Gasteiger partial charge in [0.2, 0.25) is 11.8 Å². The Morgan fingerprint density at radius 1 is 1.26 bits per heavy atom. The predicted molar refractivity (Wildman–Crippen MR) is 104 cm³/mol. The molecule has 1 saturated heterocycles. The van der Waals surface area contributed by atoms with Gasteiger partial charge >= 0.3 is 0 Å². The Kier molecular flexibility index (Phi) is 4.32. The van der Waals surface area contributed by atoms with Crippen LogP contribution in [0, 0.1) is 5.92 Å². The van der Waals surface area contributed by atoms with Crippen LogP contribution >= 0.6 is 11.6 Å². The molecule has 0 unspecified atom stereocenters. The third-order valence-electron chi connectivity index (χ3n) is 5.30. The Hall–Kier alpha value is -2.57. The van der Waals surface area contributed by atoms with E-state index in [4.69, 9.17) is 16.3 Å². The fourth-order valence-electron chi connectivity index (χ4n) is 4.09. The van der Waals surface area contributed by atoms with Gasteiger partial charge in [0.05, 0.1) is 23.7 Å². The largest absolute Gasteiger partial charge is 0.497 e. The molecule has 2 aromatic carbocycles. The van der Waals surface area contributed by atoms with Gasteiger partial charge in [0.25, 0.3) is 0 Å². The van der Waals surface area contributed by atoms with E-state index in [0.29, 0.717) is 28.6 Å². The Bertz CT molecular complexity index is 915. The van der Waals surface area contributed by atoms with Crippen LogP contribution < -0.4 is 20.7 Å². The van der Waals surface area contributed by atoms with Crippen LogP contribution in [0.1, 0.15) is 18.9 Å². The third-order valence-corrected chi connectivity index (χ3v) is 5.61. The molecule has 0 radical (unpaired) electrons. The van der Waals surface area contributed by atoms with Crippen LogP contribution in [0.25, 0.3) is 0 Å². The first-order valence-electron chi connectivity index (χ1n) is 8.78. The van der Waals surface area contributed by atoms with Gasteiger partial charge in [-0.1, -0.05) is 23.7 Å². The first-order valence-corrected chi connectivity index (χ1v) is 9.16. The summed E-state index contributed by atoms with van der Waals surface area (Å²) in [6.07, 6.45) is 0.543. The first kappa shape index (κ1) is 17.8. The number of ether oxygens (including phenoxy) is 1. The lowest BCUT2D eigenvalue weighted by Gasteiger charge is -2.29. The number of para-hydroxylation sites is 1.